The number of pyridine rings is 1. The van der Waals surface area contributed by atoms with Gasteiger partial charge in [0.05, 0.1) is 11.3 Å². The second-order valence-corrected chi connectivity index (χ2v) is 8.75. The summed E-state index contributed by atoms with van der Waals surface area (Å²) in [5, 5.41) is 6.56. The van der Waals surface area contributed by atoms with E-state index in [1.807, 2.05) is 12.4 Å². The van der Waals surface area contributed by atoms with Crippen molar-refractivity contribution in [3.63, 3.8) is 0 Å². The van der Waals surface area contributed by atoms with E-state index in [2.05, 4.69) is 64.0 Å². The maximum absolute atomic E-state index is 4.81. The van der Waals surface area contributed by atoms with Crippen LogP contribution in [0.2, 0.25) is 0 Å². The highest BCUT2D eigenvalue weighted by Gasteiger charge is 2.61. The van der Waals surface area contributed by atoms with Crippen molar-refractivity contribution in [1.29, 1.82) is 0 Å². The van der Waals surface area contributed by atoms with E-state index in [0.29, 0.717) is 6.04 Å². The highest BCUT2D eigenvalue weighted by molar-refractivity contribution is 7.11. The first-order valence-electron chi connectivity index (χ1n) is 8.78. The third kappa shape index (κ3) is 2.16. The molecule has 0 amide bonds. The highest BCUT2D eigenvalue weighted by atomic mass is 35.5. The Morgan fingerprint density at radius 2 is 1.56 bits per heavy atom. The van der Waals surface area contributed by atoms with Gasteiger partial charge in [-0.15, -0.1) is 22.7 Å². The quantitative estimate of drug-likeness (QED) is 0.467. The van der Waals surface area contributed by atoms with Gasteiger partial charge in [0, 0.05) is 47.3 Å². The maximum atomic E-state index is 4.81. The van der Waals surface area contributed by atoms with Crippen LogP contribution in [0.1, 0.15) is 45.2 Å². The number of nitrogens with zero attached hydrogens (tertiary/aromatic N) is 3. The fourth-order valence-corrected chi connectivity index (χ4v) is 6.76. The van der Waals surface area contributed by atoms with Crippen molar-refractivity contribution in [1.82, 2.24) is 9.97 Å². The van der Waals surface area contributed by atoms with Gasteiger partial charge in [-0.2, -0.15) is 4.57 Å². The molecule has 1 aliphatic carbocycles. The number of benzene rings is 1. The predicted octanol–water partition coefficient (Wildman–Crippen LogP) is 1.32. The van der Waals surface area contributed by atoms with Crippen molar-refractivity contribution >= 4 is 22.7 Å². The molecule has 5 heterocycles. The van der Waals surface area contributed by atoms with Crippen molar-refractivity contribution in [3.05, 3.63) is 98.7 Å². The Morgan fingerprint density at radius 1 is 0.889 bits per heavy atom. The van der Waals surface area contributed by atoms with Gasteiger partial charge in [-0.3, -0.25) is 0 Å². The molecule has 2 bridgehead atoms. The van der Waals surface area contributed by atoms with Crippen LogP contribution in [0.25, 0.3) is 0 Å². The third-order valence-corrected chi connectivity index (χ3v) is 7.76. The molecule has 0 spiro atoms. The molecule has 0 fully saturated rings. The van der Waals surface area contributed by atoms with E-state index in [1.165, 1.54) is 26.8 Å². The van der Waals surface area contributed by atoms with Crippen LogP contribution in [0.5, 0.6) is 0 Å². The van der Waals surface area contributed by atoms with Gasteiger partial charge >= 0.3 is 0 Å². The Morgan fingerprint density at radius 3 is 2.22 bits per heavy atom. The minimum atomic E-state index is -0.178. The van der Waals surface area contributed by atoms with Gasteiger partial charge in [-0.25, -0.2) is 9.97 Å². The largest absolute Gasteiger partial charge is 1.00 e. The third-order valence-electron chi connectivity index (χ3n) is 5.86. The lowest BCUT2D eigenvalue weighted by Crippen LogP contribution is -3.00. The lowest BCUT2D eigenvalue weighted by Gasteiger charge is -2.47. The van der Waals surface area contributed by atoms with Crippen molar-refractivity contribution in [2.75, 3.05) is 0 Å². The number of rotatable bonds is 2. The van der Waals surface area contributed by atoms with Crippen molar-refractivity contribution < 1.29 is 17.0 Å². The van der Waals surface area contributed by atoms with Gasteiger partial charge < -0.3 is 12.4 Å². The summed E-state index contributed by atoms with van der Waals surface area (Å²) in [4.78, 5) is 9.62. The van der Waals surface area contributed by atoms with Crippen molar-refractivity contribution in [2.24, 2.45) is 0 Å². The van der Waals surface area contributed by atoms with E-state index in [9.17, 15) is 0 Å². The number of thiazole rings is 2. The average molecular weight is 410 g/mol. The van der Waals surface area contributed by atoms with Crippen LogP contribution in [0.15, 0.2) is 71.8 Å². The summed E-state index contributed by atoms with van der Waals surface area (Å²) in [5.41, 5.74) is 4.07. The molecule has 2 atom stereocenters. The average Bonchev–Trinajstić information content (AvgIpc) is 3.42. The number of aromatic nitrogens is 3. The fourth-order valence-electron chi connectivity index (χ4n) is 4.93. The normalized spacial score (nSPS) is 21.2. The summed E-state index contributed by atoms with van der Waals surface area (Å²) in [5.74, 6) is 0.238. The van der Waals surface area contributed by atoms with Gasteiger partial charge in [0.15, 0.2) is 17.9 Å². The summed E-state index contributed by atoms with van der Waals surface area (Å²) in [6, 6.07) is 15.8. The van der Waals surface area contributed by atoms with E-state index >= 15 is 0 Å². The molecular formula is C21H16ClN3S2. The van der Waals surface area contributed by atoms with Crippen molar-refractivity contribution in [2.45, 2.75) is 23.8 Å². The highest BCUT2D eigenvalue weighted by Crippen LogP contribution is 2.59. The van der Waals surface area contributed by atoms with Gasteiger partial charge in [0.2, 0.25) is 0 Å². The summed E-state index contributed by atoms with van der Waals surface area (Å²) >= 11 is 3.52. The second-order valence-electron chi connectivity index (χ2n) is 6.96. The van der Waals surface area contributed by atoms with Gasteiger partial charge in [0.25, 0.3) is 0 Å². The van der Waals surface area contributed by atoms with Crippen LogP contribution in [0.4, 0.5) is 0 Å². The Bertz CT molecular complexity index is 1010. The van der Waals surface area contributed by atoms with E-state index < -0.39 is 0 Å². The topological polar surface area (TPSA) is 29.7 Å². The molecular weight excluding hydrogens is 394 g/mol. The summed E-state index contributed by atoms with van der Waals surface area (Å²) in [7, 11) is 0. The van der Waals surface area contributed by atoms with Crippen molar-refractivity contribution in [3.8, 4) is 0 Å². The van der Waals surface area contributed by atoms with Gasteiger partial charge in [0.1, 0.15) is 10.0 Å². The van der Waals surface area contributed by atoms with Gasteiger partial charge in [-0.05, 0) is 5.56 Å². The monoisotopic (exact) mass is 409 g/mol. The van der Waals surface area contributed by atoms with Crippen LogP contribution < -0.4 is 17.0 Å². The lowest BCUT2D eigenvalue weighted by molar-refractivity contribution is -0.732. The van der Waals surface area contributed by atoms with E-state index in [0.717, 1.165) is 6.42 Å². The first kappa shape index (κ1) is 17.0. The smallest absolute Gasteiger partial charge is 0.190 e. The van der Waals surface area contributed by atoms with E-state index in [-0.39, 0.29) is 23.7 Å². The zero-order valence-corrected chi connectivity index (χ0v) is 16.7. The molecule has 2 aliphatic heterocycles. The molecule has 3 aromatic heterocycles. The molecule has 3 aliphatic rings. The molecule has 7 rings (SSSR count). The molecule has 0 saturated heterocycles. The molecule has 1 aromatic carbocycles. The molecule has 6 heteroatoms. The first-order valence-corrected chi connectivity index (χ1v) is 10.5. The lowest BCUT2D eigenvalue weighted by atomic mass is 9.59. The van der Waals surface area contributed by atoms with Crippen LogP contribution in [0.3, 0.4) is 0 Å². The Hall–Kier alpha value is -2.08. The summed E-state index contributed by atoms with van der Waals surface area (Å²) < 4.78 is 2.46. The minimum absolute atomic E-state index is 0. The molecule has 0 N–H and O–H groups in total. The second kappa shape index (κ2) is 6.23. The first-order chi connectivity index (χ1) is 12.9. The van der Waals surface area contributed by atoms with E-state index in [1.54, 1.807) is 22.7 Å². The number of halogens is 1. The zero-order valence-electron chi connectivity index (χ0n) is 14.3. The number of hydrogen-bond acceptors (Lipinski definition) is 4. The standard InChI is InChI=1S/C21H16N3S2.ClH/c1-2-6-15-14(5-1)17-13-21(19-22-8-11-25-19,20-23-9-12-26-20)18(15)16-7-3-4-10-24(16)17;/h1-12,17-18H,13H2;1H/q+1;/p-1. The molecule has 134 valence electrons. The molecule has 3 nitrogen and oxygen atoms in total. The van der Waals surface area contributed by atoms with Crippen LogP contribution in [0, 0.1) is 0 Å². The molecule has 4 aromatic rings. The number of hydrogen-bond donors (Lipinski definition) is 0. The fraction of sp³-hybridized carbons (Fsp3) is 0.190. The zero-order chi connectivity index (χ0) is 17.1. The Kier molecular flexibility index (Phi) is 3.93. The summed E-state index contributed by atoms with van der Waals surface area (Å²) in [6.07, 6.45) is 7.11. The van der Waals surface area contributed by atoms with Gasteiger partial charge in [-0.1, -0.05) is 30.3 Å². The molecule has 2 unspecified atom stereocenters. The summed E-state index contributed by atoms with van der Waals surface area (Å²) in [6.45, 7) is 0. The van der Waals surface area contributed by atoms with Crippen LogP contribution in [-0.2, 0) is 5.41 Å². The van der Waals surface area contributed by atoms with E-state index in [4.69, 9.17) is 9.97 Å². The molecule has 0 saturated carbocycles. The minimum Gasteiger partial charge on any atom is -1.00 e. The SMILES string of the molecule is [Cl-].c1ccc2c(c1)C1CC(c3nccs3)(c3nccs3)C2c2cccc[n+]21. The Labute approximate surface area is 171 Å². The predicted molar refractivity (Wildman–Crippen MR) is 103 cm³/mol. The maximum Gasteiger partial charge on any atom is 0.190 e. The molecule has 0 radical (unpaired) electrons. The number of fused-ring (bicyclic) bond motifs is 1. The van der Waals surface area contributed by atoms with Crippen LogP contribution in [-0.4, -0.2) is 9.97 Å². The van der Waals surface area contributed by atoms with Crippen LogP contribution >= 0.6 is 22.7 Å². The Balaban J connectivity index is 0.00000160. The molecule has 27 heavy (non-hydrogen) atoms.